The normalized spacial score (nSPS) is 10.9. The molecule has 0 aliphatic carbocycles. The summed E-state index contributed by atoms with van der Waals surface area (Å²) in [6.07, 6.45) is 10.9. The van der Waals surface area contributed by atoms with E-state index in [1.807, 2.05) is 0 Å². The van der Waals surface area contributed by atoms with Gasteiger partial charge in [0.25, 0.3) is 0 Å². The zero-order valence-corrected chi connectivity index (χ0v) is 13.6. The molecule has 0 saturated heterocycles. The van der Waals surface area contributed by atoms with E-state index in [-0.39, 0.29) is 12.1 Å². The number of unbranched alkanes of at least 4 members (excludes halogenated alkanes) is 4. The molecule has 0 atom stereocenters. The third-order valence-electron chi connectivity index (χ3n) is 3.07. The Hall–Kier alpha value is -0.0500. The van der Waals surface area contributed by atoms with Crippen molar-refractivity contribution in [1.29, 1.82) is 0 Å². The Kier molecular flexibility index (Phi) is 13.3. The highest BCUT2D eigenvalue weighted by molar-refractivity contribution is 9.09. The van der Waals surface area contributed by atoms with Crippen molar-refractivity contribution >= 4 is 21.9 Å². The van der Waals surface area contributed by atoms with Crippen LogP contribution in [-0.2, 0) is 9.53 Å². The summed E-state index contributed by atoms with van der Waals surface area (Å²) in [6, 6.07) is 0. The molecule has 0 fully saturated rings. The van der Waals surface area contributed by atoms with Gasteiger partial charge in [0.05, 0.1) is 0 Å². The summed E-state index contributed by atoms with van der Waals surface area (Å²) in [5.74, 6) is -0.0209. The minimum atomic E-state index is -0.0209. The van der Waals surface area contributed by atoms with Gasteiger partial charge < -0.3 is 4.74 Å². The molecule has 0 radical (unpaired) electrons. The minimum absolute atomic E-state index is 0.0209. The number of alkyl halides is 1. The number of ether oxygens (including phenoxy) is 1. The van der Waals surface area contributed by atoms with Gasteiger partial charge in [-0.15, -0.1) is 0 Å². The van der Waals surface area contributed by atoms with Crippen molar-refractivity contribution in [2.24, 2.45) is 0 Å². The summed E-state index contributed by atoms with van der Waals surface area (Å²) in [5, 5.41) is 0.873. The van der Waals surface area contributed by atoms with Gasteiger partial charge in [0.15, 0.2) is 0 Å². The van der Waals surface area contributed by atoms with Crippen molar-refractivity contribution in [3.63, 3.8) is 0 Å². The first-order valence-corrected chi connectivity index (χ1v) is 8.62. The molecule has 3 heteroatoms. The highest BCUT2D eigenvalue weighted by Gasteiger charge is 2.13. The van der Waals surface area contributed by atoms with Gasteiger partial charge in [-0.05, 0) is 32.1 Å². The Labute approximate surface area is 121 Å². The van der Waals surface area contributed by atoms with E-state index in [1.165, 1.54) is 38.5 Å². The lowest BCUT2D eigenvalue weighted by atomic mass is 10.0. The number of carbonyl (C=O) groups excluding carboxylic acids is 1. The standard InChI is InChI=1S/C15H29BrO2/c1-3-5-7-10-14(11-8-6-4-2)18-15(17)12-9-13-16/h14H,3-13H2,1-2H3. The smallest absolute Gasteiger partial charge is 0.306 e. The summed E-state index contributed by atoms with van der Waals surface area (Å²) in [7, 11) is 0. The van der Waals surface area contributed by atoms with E-state index in [1.54, 1.807) is 0 Å². The van der Waals surface area contributed by atoms with Gasteiger partial charge in [0.1, 0.15) is 6.10 Å². The molecule has 18 heavy (non-hydrogen) atoms. The lowest BCUT2D eigenvalue weighted by Crippen LogP contribution is -2.18. The fourth-order valence-corrected chi connectivity index (χ4v) is 2.24. The zero-order valence-electron chi connectivity index (χ0n) is 12.0. The number of halogens is 1. The van der Waals surface area contributed by atoms with E-state index in [4.69, 9.17) is 4.74 Å². The fourth-order valence-electron chi connectivity index (χ4n) is 1.96. The summed E-state index contributed by atoms with van der Waals surface area (Å²) >= 11 is 3.34. The zero-order chi connectivity index (χ0) is 13.6. The van der Waals surface area contributed by atoms with E-state index in [0.717, 1.165) is 24.6 Å². The van der Waals surface area contributed by atoms with Crippen LogP contribution in [0.25, 0.3) is 0 Å². The summed E-state index contributed by atoms with van der Waals surface area (Å²) in [4.78, 5) is 11.6. The number of esters is 1. The second kappa shape index (κ2) is 13.4. The van der Waals surface area contributed by atoms with Crippen LogP contribution in [0.4, 0.5) is 0 Å². The molecule has 0 N–H and O–H groups in total. The monoisotopic (exact) mass is 320 g/mol. The Bertz CT molecular complexity index is 185. The summed E-state index contributed by atoms with van der Waals surface area (Å²) in [6.45, 7) is 4.40. The molecule has 0 aromatic rings. The first-order valence-electron chi connectivity index (χ1n) is 7.50. The maximum absolute atomic E-state index is 11.6. The van der Waals surface area contributed by atoms with Gasteiger partial charge >= 0.3 is 5.97 Å². The predicted molar refractivity (Wildman–Crippen MR) is 81.2 cm³/mol. The van der Waals surface area contributed by atoms with Gasteiger partial charge in [0, 0.05) is 11.8 Å². The van der Waals surface area contributed by atoms with Crippen LogP contribution in [0.3, 0.4) is 0 Å². The Morgan fingerprint density at radius 2 is 1.56 bits per heavy atom. The van der Waals surface area contributed by atoms with Crippen LogP contribution in [0.1, 0.15) is 78.1 Å². The fraction of sp³-hybridized carbons (Fsp3) is 0.933. The number of hydrogen-bond acceptors (Lipinski definition) is 2. The average molecular weight is 321 g/mol. The third-order valence-corrected chi connectivity index (χ3v) is 3.63. The lowest BCUT2D eigenvalue weighted by molar-refractivity contribution is -0.149. The van der Waals surface area contributed by atoms with Crippen LogP contribution in [0, 0.1) is 0 Å². The molecule has 0 heterocycles. The van der Waals surface area contributed by atoms with Crippen molar-refractivity contribution in [2.75, 3.05) is 5.33 Å². The van der Waals surface area contributed by atoms with E-state index in [9.17, 15) is 4.79 Å². The van der Waals surface area contributed by atoms with Crippen LogP contribution < -0.4 is 0 Å². The molecule has 0 spiro atoms. The van der Waals surface area contributed by atoms with Gasteiger partial charge in [-0.1, -0.05) is 55.5 Å². The van der Waals surface area contributed by atoms with Crippen molar-refractivity contribution in [2.45, 2.75) is 84.2 Å². The Morgan fingerprint density at radius 3 is 2.00 bits per heavy atom. The van der Waals surface area contributed by atoms with Gasteiger partial charge in [-0.25, -0.2) is 0 Å². The van der Waals surface area contributed by atoms with E-state index in [2.05, 4.69) is 29.8 Å². The number of hydrogen-bond donors (Lipinski definition) is 0. The van der Waals surface area contributed by atoms with Crippen LogP contribution >= 0.6 is 15.9 Å². The Balaban J connectivity index is 3.89. The van der Waals surface area contributed by atoms with Crippen molar-refractivity contribution in [3.8, 4) is 0 Å². The molecule has 108 valence electrons. The molecule has 0 aliphatic heterocycles. The first-order chi connectivity index (χ1) is 8.74. The molecular formula is C15H29BrO2. The molecular weight excluding hydrogens is 292 g/mol. The average Bonchev–Trinajstić information content (AvgIpc) is 2.36. The SMILES string of the molecule is CCCCCC(CCCCC)OC(=O)CCCBr. The van der Waals surface area contributed by atoms with Crippen LogP contribution in [-0.4, -0.2) is 17.4 Å². The van der Waals surface area contributed by atoms with Crippen LogP contribution in [0.5, 0.6) is 0 Å². The van der Waals surface area contributed by atoms with Crippen molar-refractivity contribution in [1.82, 2.24) is 0 Å². The highest BCUT2D eigenvalue weighted by atomic mass is 79.9. The van der Waals surface area contributed by atoms with Crippen LogP contribution in [0.15, 0.2) is 0 Å². The first kappa shape index (κ1) is 17.9. The largest absolute Gasteiger partial charge is 0.462 e. The topological polar surface area (TPSA) is 26.3 Å². The molecule has 0 aromatic carbocycles. The second-order valence-electron chi connectivity index (χ2n) is 4.90. The third kappa shape index (κ3) is 11.1. The van der Waals surface area contributed by atoms with E-state index < -0.39 is 0 Å². The lowest BCUT2D eigenvalue weighted by Gasteiger charge is -2.17. The molecule has 2 nitrogen and oxygen atoms in total. The van der Waals surface area contributed by atoms with Gasteiger partial charge in [-0.2, -0.15) is 0 Å². The summed E-state index contributed by atoms with van der Waals surface area (Å²) < 4.78 is 5.59. The highest BCUT2D eigenvalue weighted by Crippen LogP contribution is 2.15. The molecule has 0 bridgehead atoms. The predicted octanol–water partition coefficient (Wildman–Crippen LogP) is 5.23. The van der Waals surface area contributed by atoms with Gasteiger partial charge in [0.2, 0.25) is 0 Å². The molecule has 0 aromatic heterocycles. The number of rotatable bonds is 12. The molecule has 0 unspecified atom stereocenters. The van der Waals surface area contributed by atoms with E-state index in [0.29, 0.717) is 6.42 Å². The molecule has 0 aliphatic rings. The maximum Gasteiger partial charge on any atom is 0.306 e. The Morgan fingerprint density at radius 1 is 1.00 bits per heavy atom. The maximum atomic E-state index is 11.6. The molecule has 0 amide bonds. The van der Waals surface area contributed by atoms with Gasteiger partial charge in [-0.3, -0.25) is 4.79 Å². The van der Waals surface area contributed by atoms with Crippen molar-refractivity contribution < 1.29 is 9.53 Å². The van der Waals surface area contributed by atoms with Crippen molar-refractivity contribution in [3.05, 3.63) is 0 Å². The second-order valence-corrected chi connectivity index (χ2v) is 5.69. The van der Waals surface area contributed by atoms with E-state index >= 15 is 0 Å². The quantitative estimate of drug-likeness (QED) is 0.279. The van der Waals surface area contributed by atoms with Crippen LogP contribution in [0.2, 0.25) is 0 Å². The number of carbonyl (C=O) groups is 1. The minimum Gasteiger partial charge on any atom is -0.462 e. The molecule has 0 rings (SSSR count). The molecule has 0 saturated carbocycles. The summed E-state index contributed by atoms with van der Waals surface area (Å²) in [5.41, 5.74) is 0.